The fraction of sp³-hybridized carbons (Fsp3) is 0.357. The van der Waals surface area contributed by atoms with Crippen molar-refractivity contribution in [2.45, 2.75) is 32.6 Å². The number of hydrogen-bond donors (Lipinski definition) is 0. The highest BCUT2D eigenvalue weighted by molar-refractivity contribution is 7.28. The Morgan fingerprint density at radius 3 is 2.50 bits per heavy atom. The van der Waals surface area contributed by atoms with Crippen LogP contribution in [0.1, 0.15) is 35.0 Å². The predicted octanol–water partition coefficient (Wildman–Crippen LogP) is 4.64. The molecule has 0 bridgehead atoms. The Morgan fingerprint density at radius 2 is 1.89 bits per heavy atom. The quantitative estimate of drug-likeness (QED) is 0.665. The van der Waals surface area contributed by atoms with Crippen LogP contribution in [-0.4, -0.2) is 9.55 Å². The smallest absolute Gasteiger partial charge is 0.195 e. The molecule has 1 fully saturated rings. The van der Waals surface area contributed by atoms with Gasteiger partial charge in [0.1, 0.15) is 4.83 Å². The molecule has 0 spiro atoms. The molecule has 0 amide bonds. The second kappa shape index (κ2) is 3.68. The fourth-order valence-corrected chi connectivity index (χ4v) is 4.88. The van der Waals surface area contributed by atoms with E-state index in [2.05, 4.69) is 36.6 Å². The SMILES string of the molecule is Cc1ccc(C)n1-c1nc2sc(C3CC3)cc2s1. The van der Waals surface area contributed by atoms with Crippen molar-refractivity contribution < 1.29 is 0 Å². The number of thiophene rings is 1. The van der Waals surface area contributed by atoms with Crippen LogP contribution in [0.3, 0.4) is 0 Å². The van der Waals surface area contributed by atoms with Crippen LogP contribution in [0.5, 0.6) is 0 Å². The number of thiazole rings is 1. The first kappa shape index (κ1) is 10.8. The van der Waals surface area contributed by atoms with Crippen LogP contribution in [-0.2, 0) is 0 Å². The second-order valence-electron chi connectivity index (χ2n) is 5.04. The molecule has 4 heteroatoms. The van der Waals surface area contributed by atoms with Gasteiger partial charge in [-0.3, -0.25) is 4.57 Å². The molecule has 0 unspecified atom stereocenters. The zero-order valence-corrected chi connectivity index (χ0v) is 12.1. The van der Waals surface area contributed by atoms with Gasteiger partial charge in [0, 0.05) is 16.3 Å². The summed E-state index contributed by atoms with van der Waals surface area (Å²) in [7, 11) is 0. The van der Waals surface area contributed by atoms with Crippen molar-refractivity contribution in [3.63, 3.8) is 0 Å². The van der Waals surface area contributed by atoms with Gasteiger partial charge in [-0.25, -0.2) is 4.98 Å². The van der Waals surface area contributed by atoms with E-state index < -0.39 is 0 Å². The summed E-state index contributed by atoms with van der Waals surface area (Å²) in [6.07, 6.45) is 2.74. The number of fused-ring (bicyclic) bond motifs is 1. The van der Waals surface area contributed by atoms with E-state index in [1.807, 2.05) is 22.7 Å². The van der Waals surface area contributed by atoms with Gasteiger partial charge >= 0.3 is 0 Å². The largest absolute Gasteiger partial charge is 0.295 e. The van der Waals surface area contributed by atoms with Crippen molar-refractivity contribution in [2.75, 3.05) is 0 Å². The van der Waals surface area contributed by atoms with Gasteiger partial charge in [0.05, 0.1) is 4.70 Å². The van der Waals surface area contributed by atoms with Crippen molar-refractivity contribution in [1.82, 2.24) is 9.55 Å². The van der Waals surface area contributed by atoms with E-state index in [1.54, 1.807) is 0 Å². The van der Waals surface area contributed by atoms with Gasteiger partial charge in [0.2, 0.25) is 0 Å². The topological polar surface area (TPSA) is 17.8 Å². The lowest BCUT2D eigenvalue weighted by Crippen LogP contribution is -1.97. The van der Waals surface area contributed by atoms with E-state index in [0.29, 0.717) is 0 Å². The van der Waals surface area contributed by atoms with Gasteiger partial charge in [-0.2, -0.15) is 0 Å². The summed E-state index contributed by atoms with van der Waals surface area (Å²) >= 11 is 3.70. The van der Waals surface area contributed by atoms with E-state index in [0.717, 1.165) is 11.0 Å². The highest BCUT2D eigenvalue weighted by Gasteiger charge is 2.26. The second-order valence-corrected chi connectivity index (χ2v) is 7.11. The van der Waals surface area contributed by atoms with Crippen molar-refractivity contribution >= 4 is 32.2 Å². The average Bonchev–Trinajstić information content (AvgIpc) is 2.88. The maximum Gasteiger partial charge on any atom is 0.195 e. The van der Waals surface area contributed by atoms with Crippen molar-refractivity contribution in [3.8, 4) is 5.13 Å². The first-order valence-electron chi connectivity index (χ1n) is 6.28. The van der Waals surface area contributed by atoms with E-state index in [9.17, 15) is 0 Å². The van der Waals surface area contributed by atoms with Crippen LogP contribution >= 0.6 is 22.7 Å². The monoisotopic (exact) mass is 274 g/mol. The summed E-state index contributed by atoms with van der Waals surface area (Å²) in [5.41, 5.74) is 2.52. The van der Waals surface area contributed by atoms with E-state index >= 15 is 0 Å². The zero-order chi connectivity index (χ0) is 12.3. The molecule has 3 aromatic heterocycles. The van der Waals surface area contributed by atoms with Gasteiger partial charge in [-0.05, 0) is 50.8 Å². The van der Waals surface area contributed by atoms with Crippen LogP contribution in [0, 0.1) is 13.8 Å². The normalized spacial score (nSPS) is 15.7. The molecule has 2 nitrogen and oxygen atoms in total. The lowest BCUT2D eigenvalue weighted by molar-refractivity contribution is 0.956. The lowest BCUT2D eigenvalue weighted by atomic mass is 10.3. The number of rotatable bonds is 2. The molecular weight excluding hydrogens is 260 g/mol. The van der Waals surface area contributed by atoms with Gasteiger partial charge in [0.25, 0.3) is 0 Å². The van der Waals surface area contributed by atoms with E-state index in [-0.39, 0.29) is 0 Å². The molecule has 1 aliphatic carbocycles. The summed E-state index contributed by atoms with van der Waals surface area (Å²) in [5.74, 6) is 0.843. The average molecular weight is 274 g/mol. The molecule has 0 saturated heterocycles. The number of hydrogen-bond acceptors (Lipinski definition) is 3. The van der Waals surface area contributed by atoms with Crippen molar-refractivity contribution in [2.24, 2.45) is 0 Å². The van der Waals surface area contributed by atoms with Crippen LogP contribution in [0.2, 0.25) is 0 Å². The molecule has 18 heavy (non-hydrogen) atoms. The summed E-state index contributed by atoms with van der Waals surface area (Å²) < 4.78 is 3.60. The molecule has 1 aliphatic rings. The van der Waals surface area contributed by atoms with Crippen LogP contribution in [0.25, 0.3) is 14.7 Å². The Balaban J connectivity index is 1.84. The van der Waals surface area contributed by atoms with Crippen LogP contribution in [0.4, 0.5) is 0 Å². The lowest BCUT2D eigenvalue weighted by Gasteiger charge is -2.03. The first-order chi connectivity index (χ1) is 8.72. The minimum Gasteiger partial charge on any atom is -0.295 e. The maximum absolute atomic E-state index is 4.81. The van der Waals surface area contributed by atoms with Crippen LogP contribution < -0.4 is 0 Å². The van der Waals surface area contributed by atoms with Crippen molar-refractivity contribution in [3.05, 3.63) is 34.5 Å². The molecule has 4 rings (SSSR count). The molecule has 0 atom stereocenters. The first-order valence-corrected chi connectivity index (χ1v) is 7.91. The summed E-state index contributed by atoms with van der Waals surface area (Å²) in [6.45, 7) is 4.27. The molecule has 1 saturated carbocycles. The third-order valence-corrected chi connectivity index (χ3v) is 5.85. The highest BCUT2D eigenvalue weighted by Crippen LogP contribution is 2.46. The fourth-order valence-electron chi connectivity index (χ4n) is 2.38. The van der Waals surface area contributed by atoms with Gasteiger partial charge < -0.3 is 0 Å². The number of aryl methyl sites for hydroxylation is 2. The molecule has 3 heterocycles. The standard InChI is InChI=1S/C14H14N2S2/c1-8-3-4-9(2)16(8)14-15-13-12(18-14)7-11(17-13)10-5-6-10/h3-4,7,10H,5-6H2,1-2H3. The van der Waals surface area contributed by atoms with Crippen molar-refractivity contribution in [1.29, 1.82) is 0 Å². The summed E-state index contributed by atoms with van der Waals surface area (Å²) in [5, 5.41) is 1.11. The molecule has 0 radical (unpaired) electrons. The molecule has 0 N–H and O–H groups in total. The molecule has 3 aromatic rings. The Bertz CT molecular complexity index is 677. The predicted molar refractivity (Wildman–Crippen MR) is 78.3 cm³/mol. The number of aromatic nitrogens is 2. The molecule has 0 aliphatic heterocycles. The van der Waals surface area contributed by atoms with Gasteiger partial charge in [-0.15, -0.1) is 11.3 Å². The Kier molecular flexibility index (Phi) is 2.20. The van der Waals surface area contributed by atoms with Gasteiger partial charge in [0.15, 0.2) is 5.13 Å². The Hall–Kier alpha value is -1.13. The van der Waals surface area contributed by atoms with Crippen LogP contribution in [0.15, 0.2) is 18.2 Å². The molecule has 0 aromatic carbocycles. The minimum absolute atomic E-state index is 0.843. The number of nitrogens with zero attached hydrogens (tertiary/aromatic N) is 2. The minimum atomic E-state index is 0.843. The van der Waals surface area contributed by atoms with E-state index in [4.69, 9.17) is 4.98 Å². The maximum atomic E-state index is 4.81. The van der Waals surface area contributed by atoms with E-state index in [1.165, 1.54) is 38.6 Å². The third-order valence-electron chi connectivity index (χ3n) is 3.54. The Morgan fingerprint density at radius 1 is 1.17 bits per heavy atom. The summed E-state index contributed by atoms with van der Waals surface area (Å²) in [6, 6.07) is 6.66. The molecule has 92 valence electrons. The third kappa shape index (κ3) is 1.56. The zero-order valence-electron chi connectivity index (χ0n) is 10.4. The van der Waals surface area contributed by atoms with Gasteiger partial charge in [-0.1, -0.05) is 11.3 Å². The summed E-state index contributed by atoms with van der Waals surface area (Å²) in [4.78, 5) is 7.56. The Labute approximate surface area is 114 Å². The molecular formula is C14H14N2S2. The highest BCUT2D eigenvalue weighted by atomic mass is 32.1.